The van der Waals surface area contributed by atoms with E-state index in [9.17, 15) is 0 Å². The molecule has 3 N–H and O–H groups in total. The Morgan fingerprint density at radius 1 is 1.33 bits per heavy atom. The molecule has 1 atom stereocenters. The molecule has 5 nitrogen and oxygen atoms in total. The van der Waals surface area contributed by atoms with E-state index < -0.39 is 0 Å². The number of nitrogens with two attached hydrogens (primary N) is 1. The number of aliphatic imine (C=N–C) groups is 1. The van der Waals surface area contributed by atoms with Crippen molar-refractivity contribution in [3.05, 3.63) is 47.3 Å². The van der Waals surface area contributed by atoms with Crippen LogP contribution in [-0.2, 0) is 0 Å². The first-order valence-corrected chi connectivity index (χ1v) is 6.62. The fourth-order valence-electron chi connectivity index (χ4n) is 2.23. The van der Waals surface area contributed by atoms with Gasteiger partial charge in [0.15, 0.2) is 5.96 Å². The number of para-hydroxylation sites is 1. The number of anilines is 1. The Labute approximate surface area is 142 Å². The lowest BCUT2D eigenvalue weighted by Crippen LogP contribution is -2.23. The third-order valence-electron chi connectivity index (χ3n) is 3.16. The van der Waals surface area contributed by atoms with Crippen LogP contribution in [0.2, 0.25) is 0 Å². The number of nitrogens with one attached hydrogen (secondary N) is 1. The molecule has 0 spiro atoms. The number of hydrogen-bond donors (Lipinski definition) is 2. The summed E-state index contributed by atoms with van der Waals surface area (Å²) in [5.74, 6) is 1.48. The predicted octanol–water partition coefficient (Wildman–Crippen LogP) is 3.44. The maximum absolute atomic E-state index is 5.88. The van der Waals surface area contributed by atoms with Gasteiger partial charge >= 0.3 is 0 Å². The molecule has 0 fully saturated rings. The van der Waals surface area contributed by atoms with Gasteiger partial charge in [0, 0.05) is 23.7 Å². The summed E-state index contributed by atoms with van der Waals surface area (Å²) in [5.41, 5.74) is 8.84. The van der Waals surface area contributed by atoms with Crippen LogP contribution in [0.1, 0.15) is 29.9 Å². The number of halogens is 1. The molecule has 0 aliphatic heterocycles. The summed E-state index contributed by atoms with van der Waals surface area (Å²) < 4.78 is 5.17. The van der Waals surface area contributed by atoms with Gasteiger partial charge < -0.3 is 15.6 Å². The largest absolute Gasteiger partial charge is 0.370 e. The molecular weight excluding hydrogens is 379 g/mol. The third kappa shape index (κ3) is 4.73. The van der Waals surface area contributed by atoms with Gasteiger partial charge in [0.2, 0.25) is 0 Å². The highest BCUT2D eigenvalue weighted by molar-refractivity contribution is 14.0. The molecule has 1 unspecified atom stereocenters. The highest BCUT2D eigenvalue weighted by Crippen LogP contribution is 2.23. The zero-order valence-electron chi connectivity index (χ0n) is 12.5. The van der Waals surface area contributed by atoms with E-state index in [0.29, 0.717) is 12.5 Å². The van der Waals surface area contributed by atoms with E-state index in [1.54, 1.807) is 0 Å². The van der Waals surface area contributed by atoms with Gasteiger partial charge in [0.05, 0.1) is 5.69 Å². The monoisotopic (exact) mass is 400 g/mol. The topological polar surface area (TPSA) is 76.4 Å². The maximum Gasteiger partial charge on any atom is 0.193 e. The molecule has 0 saturated carbocycles. The van der Waals surface area contributed by atoms with Crippen molar-refractivity contribution in [3.8, 4) is 0 Å². The summed E-state index contributed by atoms with van der Waals surface area (Å²) in [6, 6.07) is 9.74. The number of rotatable bonds is 4. The molecule has 0 aliphatic carbocycles. The van der Waals surface area contributed by atoms with Crippen LogP contribution in [0, 0.1) is 13.8 Å². The lowest BCUT2D eigenvalue weighted by molar-refractivity contribution is 0.391. The molecular formula is C15H21IN4O. The van der Waals surface area contributed by atoms with Crippen molar-refractivity contribution in [1.29, 1.82) is 0 Å². The van der Waals surface area contributed by atoms with Crippen molar-refractivity contribution in [3.63, 3.8) is 0 Å². The van der Waals surface area contributed by atoms with Crippen LogP contribution in [0.5, 0.6) is 0 Å². The van der Waals surface area contributed by atoms with Crippen LogP contribution < -0.4 is 11.1 Å². The summed E-state index contributed by atoms with van der Waals surface area (Å²) in [6.07, 6.45) is 0. The lowest BCUT2D eigenvalue weighted by Gasteiger charge is -2.10. The van der Waals surface area contributed by atoms with Crippen molar-refractivity contribution < 1.29 is 4.52 Å². The normalized spacial score (nSPS) is 12.6. The van der Waals surface area contributed by atoms with E-state index in [0.717, 1.165) is 22.7 Å². The fourth-order valence-corrected chi connectivity index (χ4v) is 2.23. The van der Waals surface area contributed by atoms with Gasteiger partial charge in [-0.05, 0) is 26.0 Å². The van der Waals surface area contributed by atoms with Crippen LogP contribution in [0.3, 0.4) is 0 Å². The van der Waals surface area contributed by atoms with Crippen LogP contribution >= 0.6 is 24.0 Å². The predicted molar refractivity (Wildman–Crippen MR) is 96.4 cm³/mol. The molecule has 2 rings (SSSR count). The minimum atomic E-state index is 0. The molecule has 1 aromatic carbocycles. The van der Waals surface area contributed by atoms with Crippen molar-refractivity contribution in [2.75, 3.05) is 11.9 Å². The lowest BCUT2D eigenvalue weighted by atomic mass is 10.00. The van der Waals surface area contributed by atoms with Gasteiger partial charge in [-0.3, -0.25) is 4.99 Å². The van der Waals surface area contributed by atoms with Gasteiger partial charge in [-0.25, -0.2) is 0 Å². The Bertz CT molecular complexity index is 575. The number of guanidine groups is 1. The van der Waals surface area contributed by atoms with E-state index in [1.807, 2.05) is 44.2 Å². The summed E-state index contributed by atoms with van der Waals surface area (Å²) >= 11 is 0. The molecule has 2 aromatic rings. The standard InChI is InChI=1S/C15H20N4O.HI/c1-10(14-11(2)19-20-12(14)3)9-17-15(16)18-13-7-5-4-6-8-13;/h4-8,10H,9H2,1-3H3,(H3,16,17,18);1H. The average molecular weight is 400 g/mol. The fraction of sp³-hybridized carbons (Fsp3) is 0.333. The van der Waals surface area contributed by atoms with E-state index in [2.05, 4.69) is 22.4 Å². The molecule has 0 bridgehead atoms. The van der Waals surface area contributed by atoms with Crippen molar-refractivity contribution in [2.24, 2.45) is 10.7 Å². The van der Waals surface area contributed by atoms with E-state index in [-0.39, 0.29) is 29.9 Å². The first kappa shape index (κ1) is 17.5. The van der Waals surface area contributed by atoms with Crippen LogP contribution in [0.4, 0.5) is 5.69 Å². The molecule has 0 amide bonds. The maximum atomic E-state index is 5.88. The molecule has 0 radical (unpaired) electrons. The summed E-state index contributed by atoms with van der Waals surface area (Å²) in [5, 5.41) is 7.02. The number of nitrogens with zero attached hydrogens (tertiary/aromatic N) is 2. The van der Waals surface area contributed by atoms with Crippen LogP contribution in [-0.4, -0.2) is 17.7 Å². The molecule has 1 aromatic heterocycles. The summed E-state index contributed by atoms with van der Waals surface area (Å²) in [6.45, 7) is 6.54. The molecule has 1 heterocycles. The quantitative estimate of drug-likeness (QED) is 0.468. The SMILES string of the molecule is Cc1noc(C)c1C(C)CN=C(N)Nc1ccccc1.I. The van der Waals surface area contributed by atoms with Crippen LogP contribution in [0.25, 0.3) is 0 Å². The van der Waals surface area contributed by atoms with Gasteiger partial charge in [0.25, 0.3) is 0 Å². The average Bonchev–Trinajstić information content (AvgIpc) is 2.77. The summed E-state index contributed by atoms with van der Waals surface area (Å²) in [7, 11) is 0. The van der Waals surface area contributed by atoms with Gasteiger partial charge in [0.1, 0.15) is 5.76 Å². The van der Waals surface area contributed by atoms with Crippen molar-refractivity contribution >= 4 is 35.6 Å². The second-order valence-corrected chi connectivity index (χ2v) is 4.86. The molecule has 6 heteroatoms. The molecule has 114 valence electrons. The summed E-state index contributed by atoms with van der Waals surface area (Å²) in [4.78, 5) is 4.37. The molecule has 0 saturated heterocycles. The smallest absolute Gasteiger partial charge is 0.193 e. The Kier molecular flexibility index (Phi) is 6.67. The first-order valence-electron chi connectivity index (χ1n) is 6.62. The van der Waals surface area contributed by atoms with Crippen molar-refractivity contribution in [1.82, 2.24) is 5.16 Å². The second kappa shape index (κ2) is 8.02. The van der Waals surface area contributed by atoms with Gasteiger partial charge in [-0.2, -0.15) is 0 Å². The Morgan fingerprint density at radius 3 is 2.57 bits per heavy atom. The number of aryl methyl sites for hydroxylation is 2. The Balaban J connectivity index is 0.00000220. The highest BCUT2D eigenvalue weighted by Gasteiger charge is 2.15. The number of aromatic nitrogens is 1. The number of benzene rings is 1. The minimum Gasteiger partial charge on any atom is -0.370 e. The molecule has 21 heavy (non-hydrogen) atoms. The number of hydrogen-bond acceptors (Lipinski definition) is 3. The van der Waals surface area contributed by atoms with Gasteiger partial charge in [-0.1, -0.05) is 30.3 Å². The van der Waals surface area contributed by atoms with E-state index in [1.165, 1.54) is 0 Å². The minimum absolute atomic E-state index is 0. The van der Waals surface area contributed by atoms with E-state index in [4.69, 9.17) is 10.3 Å². The van der Waals surface area contributed by atoms with E-state index >= 15 is 0 Å². The Morgan fingerprint density at radius 2 is 2.00 bits per heavy atom. The Hall–Kier alpha value is -1.57. The third-order valence-corrected chi connectivity index (χ3v) is 3.16. The second-order valence-electron chi connectivity index (χ2n) is 4.86. The highest BCUT2D eigenvalue weighted by atomic mass is 127. The molecule has 0 aliphatic rings. The van der Waals surface area contributed by atoms with Gasteiger partial charge in [-0.15, -0.1) is 24.0 Å². The van der Waals surface area contributed by atoms with Crippen LogP contribution in [0.15, 0.2) is 39.8 Å². The first-order chi connectivity index (χ1) is 9.58. The van der Waals surface area contributed by atoms with Crippen molar-refractivity contribution in [2.45, 2.75) is 26.7 Å². The zero-order valence-corrected chi connectivity index (χ0v) is 14.8. The zero-order chi connectivity index (χ0) is 14.5.